The largest absolute Gasteiger partial charge is 0.434 e. The third kappa shape index (κ3) is 3.21. The summed E-state index contributed by atoms with van der Waals surface area (Å²) in [6.45, 7) is 3.61. The maximum atomic E-state index is 13.4. The monoisotopic (exact) mass is 357 g/mol. The van der Waals surface area contributed by atoms with Crippen LogP contribution in [0.5, 0.6) is 11.6 Å². The zero-order valence-electron chi connectivity index (χ0n) is 11.6. The molecule has 0 spiro atoms. The van der Waals surface area contributed by atoms with E-state index in [9.17, 15) is 14.5 Å². The average Bonchev–Trinajstić information content (AvgIpc) is 2.66. The van der Waals surface area contributed by atoms with E-state index in [0.717, 1.165) is 6.07 Å². The second-order valence-electron chi connectivity index (χ2n) is 4.78. The lowest BCUT2D eigenvalue weighted by molar-refractivity contribution is -0.386. The first kappa shape index (κ1) is 15.4. The molecule has 0 fully saturated rings. The van der Waals surface area contributed by atoms with Crippen LogP contribution in [0.3, 0.4) is 0 Å². The van der Waals surface area contributed by atoms with E-state index in [-0.39, 0.29) is 23.2 Å². The van der Waals surface area contributed by atoms with Gasteiger partial charge in [0, 0.05) is 23.5 Å². The molecule has 112 valence electrons. The van der Waals surface area contributed by atoms with Crippen molar-refractivity contribution in [2.75, 3.05) is 0 Å². The lowest BCUT2D eigenvalue weighted by atomic mass is 10.1. The highest BCUT2D eigenvalue weighted by atomic mass is 79.9. The summed E-state index contributed by atoms with van der Waals surface area (Å²) in [4.78, 5) is 10.7. The smallest absolute Gasteiger partial charge is 0.354 e. The number of nitrogens with zero attached hydrogens (tertiary/aromatic N) is 3. The van der Waals surface area contributed by atoms with Crippen molar-refractivity contribution in [3.63, 3.8) is 0 Å². The van der Waals surface area contributed by atoms with Gasteiger partial charge < -0.3 is 4.74 Å². The van der Waals surface area contributed by atoms with Crippen LogP contribution in [0.1, 0.15) is 25.5 Å². The summed E-state index contributed by atoms with van der Waals surface area (Å²) in [6, 6.07) is 3.94. The first-order valence-corrected chi connectivity index (χ1v) is 6.94. The zero-order valence-corrected chi connectivity index (χ0v) is 13.2. The summed E-state index contributed by atoms with van der Waals surface area (Å²) < 4.78 is 20.6. The molecule has 0 bridgehead atoms. The predicted molar refractivity (Wildman–Crippen MR) is 78.1 cm³/mol. The summed E-state index contributed by atoms with van der Waals surface area (Å²) in [5, 5.41) is 15.4. The van der Waals surface area contributed by atoms with E-state index >= 15 is 0 Å². The molecule has 8 heteroatoms. The van der Waals surface area contributed by atoms with Crippen LogP contribution in [0.2, 0.25) is 0 Å². The van der Waals surface area contributed by atoms with E-state index in [2.05, 4.69) is 21.0 Å². The van der Waals surface area contributed by atoms with E-state index in [1.807, 2.05) is 0 Å². The SMILES string of the molecule is CC(C)c1nn(C)c(Oc2cc(F)cc(Br)c2)c1[N+](=O)[O-]. The van der Waals surface area contributed by atoms with Crippen molar-refractivity contribution >= 4 is 21.6 Å². The third-order valence-electron chi connectivity index (χ3n) is 2.78. The molecule has 0 atom stereocenters. The van der Waals surface area contributed by atoms with Gasteiger partial charge in [-0.05, 0) is 12.1 Å². The number of rotatable bonds is 4. The average molecular weight is 358 g/mol. The molecule has 0 amide bonds. The number of aryl methyl sites for hydroxylation is 1. The van der Waals surface area contributed by atoms with Crippen LogP contribution in [-0.2, 0) is 7.05 Å². The lowest BCUT2D eigenvalue weighted by Gasteiger charge is -2.06. The molecule has 2 rings (SSSR count). The van der Waals surface area contributed by atoms with Crippen LogP contribution >= 0.6 is 15.9 Å². The number of hydrogen-bond acceptors (Lipinski definition) is 4. The quantitative estimate of drug-likeness (QED) is 0.608. The molecule has 1 heterocycles. The topological polar surface area (TPSA) is 70.2 Å². The van der Waals surface area contributed by atoms with Crippen molar-refractivity contribution in [1.29, 1.82) is 0 Å². The Bertz CT molecular complexity index is 680. The molecule has 0 saturated carbocycles. The number of hydrogen-bond donors (Lipinski definition) is 0. The van der Waals surface area contributed by atoms with Crippen molar-refractivity contribution in [2.45, 2.75) is 19.8 Å². The van der Waals surface area contributed by atoms with E-state index < -0.39 is 10.7 Å². The Morgan fingerprint density at radius 1 is 1.43 bits per heavy atom. The summed E-state index contributed by atoms with van der Waals surface area (Å²) in [6.07, 6.45) is 0. The summed E-state index contributed by atoms with van der Waals surface area (Å²) in [7, 11) is 1.54. The molecule has 2 aromatic rings. The summed E-state index contributed by atoms with van der Waals surface area (Å²) in [5.41, 5.74) is 0.126. The Labute approximate surface area is 128 Å². The molecule has 1 aromatic carbocycles. The highest BCUT2D eigenvalue weighted by Crippen LogP contribution is 2.37. The van der Waals surface area contributed by atoms with Gasteiger partial charge in [0.2, 0.25) is 0 Å². The van der Waals surface area contributed by atoms with Gasteiger partial charge in [0.1, 0.15) is 17.3 Å². The molecular formula is C13H13BrFN3O3. The van der Waals surface area contributed by atoms with Gasteiger partial charge in [0.05, 0.1) is 4.92 Å². The molecule has 0 saturated heterocycles. The summed E-state index contributed by atoms with van der Waals surface area (Å²) in [5.74, 6) is -0.508. The standard InChI is InChI=1S/C13H13BrFN3O3/c1-7(2)11-12(18(19)20)13(17(3)16-11)21-10-5-8(14)4-9(15)6-10/h4-7H,1-3H3. The fraction of sp³-hybridized carbons (Fsp3) is 0.308. The Hall–Kier alpha value is -1.96. The zero-order chi connectivity index (χ0) is 15.7. The number of nitro groups is 1. The van der Waals surface area contributed by atoms with Crippen LogP contribution < -0.4 is 4.74 Å². The van der Waals surface area contributed by atoms with Crippen molar-refractivity contribution < 1.29 is 14.1 Å². The minimum atomic E-state index is -0.536. The van der Waals surface area contributed by atoms with E-state index in [1.54, 1.807) is 20.9 Å². The van der Waals surface area contributed by atoms with Crippen molar-refractivity contribution in [3.8, 4) is 11.6 Å². The minimum Gasteiger partial charge on any atom is -0.434 e. The van der Waals surface area contributed by atoms with Crippen molar-refractivity contribution in [1.82, 2.24) is 9.78 Å². The van der Waals surface area contributed by atoms with Gasteiger partial charge in [-0.2, -0.15) is 5.10 Å². The van der Waals surface area contributed by atoms with E-state index in [1.165, 1.54) is 16.8 Å². The number of aromatic nitrogens is 2. The Kier molecular flexibility index (Phi) is 4.26. The van der Waals surface area contributed by atoms with E-state index in [0.29, 0.717) is 10.2 Å². The minimum absolute atomic E-state index is 0.0267. The van der Waals surface area contributed by atoms with Crippen molar-refractivity contribution in [3.05, 3.63) is 44.3 Å². The Morgan fingerprint density at radius 3 is 2.62 bits per heavy atom. The molecule has 6 nitrogen and oxygen atoms in total. The number of benzene rings is 1. The highest BCUT2D eigenvalue weighted by Gasteiger charge is 2.30. The Balaban J connectivity index is 2.51. The second kappa shape index (κ2) is 5.80. The number of halogens is 2. The van der Waals surface area contributed by atoms with Crippen LogP contribution in [0, 0.1) is 15.9 Å². The first-order chi connectivity index (χ1) is 9.79. The normalized spacial score (nSPS) is 11.0. The molecule has 1 aromatic heterocycles. The van der Waals surface area contributed by atoms with Gasteiger partial charge in [0.15, 0.2) is 0 Å². The molecule has 21 heavy (non-hydrogen) atoms. The van der Waals surface area contributed by atoms with Gasteiger partial charge >= 0.3 is 5.69 Å². The maximum absolute atomic E-state index is 13.4. The molecule has 0 aliphatic heterocycles. The van der Waals surface area contributed by atoms with Crippen LogP contribution in [0.4, 0.5) is 10.1 Å². The van der Waals surface area contributed by atoms with Crippen LogP contribution in [0.15, 0.2) is 22.7 Å². The van der Waals surface area contributed by atoms with Gasteiger partial charge in [-0.15, -0.1) is 0 Å². The fourth-order valence-corrected chi connectivity index (χ4v) is 2.34. The second-order valence-corrected chi connectivity index (χ2v) is 5.70. The first-order valence-electron chi connectivity index (χ1n) is 6.14. The molecule has 0 unspecified atom stereocenters. The van der Waals surface area contributed by atoms with Crippen molar-refractivity contribution in [2.24, 2.45) is 7.05 Å². The van der Waals surface area contributed by atoms with E-state index in [4.69, 9.17) is 4.74 Å². The van der Waals surface area contributed by atoms with Gasteiger partial charge in [-0.25, -0.2) is 9.07 Å². The molecular weight excluding hydrogens is 345 g/mol. The van der Waals surface area contributed by atoms with Gasteiger partial charge in [-0.1, -0.05) is 29.8 Å². The highest BCUT2D eigenvalue weighted by molar-refractivity contribution is 9.10. The van der Waals surface area contributed by atoms with Gasteiger partial charge in [-0.3, -0.25) is 10.1 Å². The van der Waals surface area contributed by atoms with Crippen LogP contribution in [0.25, 0.3) is 0 Å². The van der Waals surface area contributed by atoms with Crippen LogP contribution in [-0.4, -0.2) is 14.7 Å². The molecule has 0 radical (unpaired) electrons. The predicted octanol–water partition coefficient (Wildman–Crippen LogP) is 4.15. The third-order valence-corrected chi connectivity index (χ3v) is 3.23. The number of ether oxygens (including phenoxy) is 1. The maximum Gasteiger partial charge on any atom is 0.354 e. The lowest BCUT2D eigenvalue weighted by Crippen LogP contribution is -1.98. The van der Waals surface area contributed by atoms with Gasteiger partial charge in [0.25, 0.3) is 5.88 Å². The summed E-state index contributed by atoms with van der Waals surface area (Å²) >= 11 is 3.14. The molecule has 0 N–H and O–H groups in total. The molecule has 0 aliphatic carbocycles. The Morgan fingerprint density at radius 2 is 2.10 bits per heavy atom. The molecule has 0 aliphatic rings. The fourth-order valence-electron chi connectivity index (χ4n) is 1.89.